The number of hydrogen-bond donors (Lipinski definition) is 1. The van der Waals surface area contributed by atoms with Gasteiger partial charge in [-0.05, 0) is 37.2 Å². The Hall–Kier alpha value is -1.06. The maximum Gasteiger partial charge on any atom is 0.133 e. The second kappa shape index (κ2) is 3.26. The zero-order valence-corrected chi connectivity index (χ0v) is 8.74. The smallest absolute Gasteiger partial charge is 0.133 e. The van der Waals surface area contributed by atoms with Crippen molar-refractivity contribution in [3.8, 4) is 5.75 Å². The van der Waals surface area contributed by atoms with Crippen LogP contribution in [0.15, 0.2) is 12.1 Å². The second-order valence-corrected chi connectivity index (χ2v) is 3.81. The van der Waals surface area contributed by atoms with E-state index in [1.165, 1.54) is 0 Å². The molecule has 0 fully saturated rings. The molecule has 0 bridgehead atoms. The van der Waals surface area contributed by atoms with Gasteiger partial charge in [0, 0.05) is 12.1 Å². The van der Waals surface area contributed by atoms with Crippen LogP contribution in [0.4, 0.5) is 0 Å². The fraction of sp³-hybridized carbons (Fsp3) is 0.455. The molecule has 1 aromatic rings. The summed E-state index contributed by atoms with van der Waals surface area (Å²) in [4.78, 5) is 1.91. The number of benzene rings is 1. The van der Waals surface area contributed by atoms with Gasteiger partial charge in [-0.15, -0.1) is 0 Å². The summed E-state index contributed by atoms with van der Waals surface area (Å²) in [6.07, 6.45) is -0.463. The maximum absolute atomic E-state index is 9.82. The Bertz CT molecular complexity index is 363. The van der Waals surface area contributed by atoms with Crippen molar-refractivity contribution in [1.82, 2.24) is 4.90 Å². The molecule has 3 heteroatoms. The molecule has 2 rings (SSSR count). The fourth-order valence-electron chi connectivity index (χ4n) is 1.94. The van der Waals surface area contributed by atoms with E-state index in [1.807, 2.05) is 31.0 Å². The molecule has 1 aromatic carbocycles. The molecule has 1 unspecified atom stereocenters. The highest BCUT2D eigenvalue weighted by Gasteiger charge is 2.26. The summed E-state index contributed by atoms with van der Waals surface area (Å²) in [6.45, 7) is 2.78. The van der Waals surface area contributed by atoms with Crippen molar-refractivity contribution in [2.24, 2.45) is 0 Å². The third-order valence-corrected chi connectivity index (χ3v) is 2.77. The van der Waals surface area contributed by atoms with E-state index < -0.39 is 6.23 Å². The summed E-state index contributed by atoms with van der Waals surface area (Å²) in [6, 6.07) is 4.01. The van der Waals surface area contributed by atoms with Crippen LogP contribution in [-0.2, 0) is 6.54 Å². The van der Waals surface area contributed by atoms with Crippen LogP contribution < -0.4 is 4.74 Å². The summed E-state index contributed by atoms with van der Waals surface area (Å²) < 4.78 is 5.24. The summed E-state index contributed by atoms with van der Waals surface area (Å²) >= 11 is 0. The van der Waals surface area contributed by atoms with Gasteiger partial charge in [0.05, 0.1) is 7.11 Å². The minimum absolute atomic E-state index is 0.463. The average molecular weight is 193 g/mol. The van der Waals surface area contributed by atoms with E-state index in [4.69, 9.17) is 4.74 Å². The molecule has 0 spiro atoms. The topological polar surface area (TPSA) is 32.7 Å². The highest BCUT2D eigenvalue weighted by Crippen LogP contribution is 2.34. The molecule has 0 aliphatic carbocycles. The van der Waals surface area contributed by atoms with Crippen LogP contribution in [0.25, 0.3) is 0 Å². The molecule has 1 heterocycles. The van der Waals surface area contributed by atoms with Gasteiger partial charge in [0.15, 0.2) is 0 Å². The minimum Gasteiger partial charge on any atom is -0.496 e. The van der Waals surface area contributed by atoms with Crippen LogP contribution in [0.5, 0.6) is 5.75 Å². The molecule has 0 aromatic heterocycles. The number of rotatable bonds is 1. The van der Waals surface area contributed by atoms with E-state index in [0.29, 0.717) is 0 Å². The van der Waals surface area contributed by atoms with Crippen molar-refractivity contribution in [3.05, 3.63) is 28.8 Å². The van der Waals surface area contributed by atoms with Gasteiger partial charge in [0.1, 0.15) is 12.0 Å². The lowest BCUT2D eigenvalue weighted by Gasteiger charge is -2.13. The summed E-state index contributed by atoms with van der Waals surface area (Å²) in [7, 11) is 3.58. The lowest BCUT2D eigenvalue weighted by atomic mass is 10.1. The Balaban J connectivity index is 2.49. The Kier molecular flexibility index (Phi) is 2.21. The highest BCUT2D eigenvalue weighted by atomic mass is 16.5. The van der Waals surface area contributed by atoms with E-state index >= 15 is 0 Å². The quantitative estimate of drug-likeness (QED) is 0.732. The molecule has 0 amide bonds. The first kappa shape index (κ1) is 9.49. The predicted molar refractivity (Wildman–Crippen MR) is 54.2 cm³/mol. The number of nitrogens with zero attached hydrogens (tertiary/aromatic N) is 1. The molecule has 0 saturated heterocycles. The van der Waals surface area contributed by atoms with Crippen LogP contribution in [0.2, 0.25) is 0 Å². The number of aliphatic hydroxyl groups is 1. The monoisotopic (exact) mass is 193 g/mol. The van der Waals surface area contributed by atoms with Gasteiger partial charge in [-0.1, -0.05) is 0 Å². The Morgan fingerprint density at radius 1 is 1.50 bits per heavy atom. The summed E-state index contributed by atoms with van der Waals surface area (Å²) in [5.41, 5.74) is 3.23. The zero-order valence-electron chi connectivity index (χ0n) is 8.74. The summed E-state index contributed by atoms with van der Waals surface area (Å²) in [5.74, 6) is 0.895. The number of aliphatic hydroxyl groups excluding tert-OH is 1. The van der Waals surface area contributed by atoms with E-state index in [0.717, 1.165) is 29.0 Å². The van der Waals surface area contributed by atoms with E-state index in [9.17, 15) is 5.11 Å². The van der Waals surface area contributed by atoms with Gasteiger partial charge >= 0.3 is 0 Å². The molecule has 14 heavy (non-hydrogen) atoms. The lowest BCUT2D eigenvalue weighted by molar-refractivity contribution is 0.0337. The fourth-order valence-corrected chi connectivity index (χ4v) is 1.94. The molecule has 1 aliphatic rings. The first-order chi connectivity index (χ1) is 6.63. The van der Waals surface area contributed by atoms with Gasteiger partial charge in [-0.25, -0.2) is 0 Å². The molecule has 3 nitrogen and oxygen atoms in total. The van der Waals surface area contributed by atoms with Crippen molar-refractivity contribution in [2.75, 3.05) is 14.2 Å². The van der Waals surface area contributed by atoms with Crippen LogP contribution >= 0.6 is 0 Å². The van der Waals surface area contributed by atoms with Crippen molar-refractivity contribution in [2.45, 2.75) is 19.7 Å². The molecular weight excluding hydrogens is 178 g/mol. The molecular formula is C11H15NO2. The van der Waals surface area contributed by atoms with Gasteiger partial charge in [-0.2, -0.15) is 0 Å². The number of fused-ring (bicyclic) bond motifs is 1. The van der Waals surface area contributed by atoms with Crippen LogP contribution in [0.1, 0.15) is 22.9 Å². The Morgan fingerprint density at radius 3 is 2.86 bits per heavy atom. The predicted octanol–water partition coefficient (Wildman–Crippen LogP) is 1.44. The van der Waals surface area contributed by atoms with Crippen LogP contribution in [0, 0.1) is 6.92 Å². The summed E-state index contributed by atoms with van der Waals surface area (Å²) in [5, 5.41) is 9.82. The van der Waals surface area contributed by atoms with Gasteiger partial charge in [-0.3, -0.25) is 4.90 Å². The first-order valence-corrected chi connectivity index (χ1v) is 4.69. The first-order valence-electron chi connectivity index (χ1n) is 4.69. The molecule has 1 N–H and O–H groups in total. The van der Waals surface area contributed by atoms with E-state index in [2.05, 4.69) is 0 Å². The maximum atomic E-state index is 9.82. The molecule has 1 aliphatic heterocycles. The van der Waals surface area contributed by atoms with Crippen LogP contribution in [0.3, 0.4) is 0 Å². The van der Waals surface area contributed by atoms with Gasteiger partial charge in [0.2, 0.25) is 0 Å². The lowest BCUT2D eigenvalue weighted by Crippen LogP contribution is -2.15. The Labute approximate surface area is 83.9 Å². The zero-order chi connectivity index (χ0) is 10.3. The third-order valence-electron chi connectivity index (χ3n) is 2.77. The van der Waals surface area contributed by atoms with Crippen molar-refractivity contribution in [3.63, 3.8) is 0 Å². The number of methoxy groups -OCH3 is 1. The van der Waals surface area contributed by atoms with Gasteiger partial charge in [0.25, 0.3) is 0 Å². The second-order valence-electron chi connectivity index (χ2n) is 3.81. The molecule has 76 valence electrons. The van der Waals surface area contributed by atoms with E-state index in [-0.39, 0.29) is 0 Å². The van der Waals surface area contributed by atoms with Crippen LogP contribution in [-0.4, -0.2) is 24.2 Å². The molecule has 1 atom stereocenters. The minimum atomic E-state index is -0.463. The largest absolute Gasteiger partial charge is 0.496 e. The Morgan fingerprint density at radius 2 is 2.21 bits per heavy atom. The van der Waals surface area contributed by atoms with E-state index in [1.54, 1.807) is 7.11 Å². The van der Waals surface area contributed by atoms with Crippen molar-refractivity contribution < 1.29 is 9.84 Å². The standard InChI is InChI=1S/C11H15NO2/c1-7-4-9-8(5-10(7)14-3)6-12(2)11(9)13/h4-5,11,13H,6H2,1-3H3. The number of hydrogen-bond acceptors (Lipinski definition) is 3. The molecule has 0 saturated carbocycles. The van der Waals surface area contributed by atoms with Gasteiger partial charge < -0.3 is 9.84 Å². The third kappa shape index (κ3) is 1.29. The number of aryl methyl sites for hydroxylation is 1. The normalized spacial score (nSPS) is 21.0. The average Bonchev–Trinajstić information content (AvgIpc) is 2.43. The SMILES string of the molecule is COc1cc2c(cc1C)C(O)N(C)C2. The van der Waals surface area contributed by atoms with Crippen molar-refractivity contribution in [1.29, 1.82) is 0 Å². The molecule has 0 radical (unpaired) electrons. The van der Waals surface area contributed by atoms with Crippen molar-refractivity contribution >= 4 is 0 Å². The number of ether oxygens (including phenoxy) is 1. The highest BCUT2D eigenvalue weighted by molar-refractivity contribution is 5.44.